The van der Waals surface area contributed by atoms with Crippen molar-refractivity contribution in [1.82, 2.24) is 15.3 Å². The van der Waals surface area contributed by atoms with Gasteiger partial charge in [-0.25, -0.2) is 9.97 Å². The number of hydrogen-bond donors (Lipinski definition) is 2. The molecule has 0 radical (unpaired) electrons. The summed E-state index contributed by atoms with van der Waals surface area (Å²) in [5, 5.41) is 3.06. The maximum atomic E-state index is 13.0. The first-order valence-electron chi connectivity index (χ1n) is 9.32. The molecule has 2 aliphatic rings. The van der Waals surface area contributed by atoms with Gasteiger partial charge in [0.2, 0.25) is 5.95 Å². The zero-order valence-electron chi connectivity index (χ0n) is 15.8. The van der Waals surface area contributed by atoms with Crippen LogP contribution in [-0.2, 0) is 18.9 Å². The van der Waals surface area contributed by atoms with Gasteiger partial charge in [-0.05, 0) is 35.6 Å². The summed E-state index contributed by atoms with van der Waals surface area (Å²) in [6.45, 7) is 1.08. The molecule has 2 fully saturated rings. The van der Waals surface area contributed by atoms with Crippen LogP contribution in [0.15, 0.2) is 30.6 Å². The minimum atomic E-state index is -4.86. The van der Waals surface area contributed by atoms with E-state index in [9.17, 15) is 31.1 Å². The summed E-state index contributed by atoms with van der Waals surface area (Å²) in [6.07, 6.45) is -7.07. The van der Waals surface area contributed by atoms with Crippen molar-refractivity contribution in [2.24, 2.45) is 17.6 Å². The average molecular weight is 445 g/mol. The molecule has 2 aromatic rings. The quantitative estimate of drug-likeness (QED) is 0.692. The molecule has 2 heterocycles. The van der Waals surface area contributed by atoms with E-state index in [4.69, 9.17) is 5.73 Å². The first kappa shape index (κ1) is 21.3. The zero-order valence-corrected chi connectivity index (χ0v) is 15.8. The zero-order chi connectivity index (χ0) is 22.6. The Bertz CT molecular complexity index is 947. The van der Waals surface area contributed by atoms with E-state index in [-0.39, 0.29) is 41.6 Å². The van der Waals surface area contributed by atoms with Gasteiger partial charge in [-0.15, -0.1) is 0 Å². The number of anilines is 1. The second-order valence-corrected chi connectivity index (χ2v) is 7.69. The Kier molecular flexibility index (Phi) is 5.07. The highest BCUT2D eigenvalue weighted by molar-refractivity contribution is 5.92. The van der Waals surface area contributed by atoms with Crippen molar-refractivity contribution < 1.29 is 31.1 Å². The molecule has 1 aliphatic heterocycles. The molecule has 0 bridgehead atoms. The topological polar surface area (TPSA) is 84.1 Å². The molecule has 4 rings (SSSR count). The summed E-state index contributed by atoms with van der Waals surface area (Å²) in [5.41, 5.74) is 2.62. The smallest absolute Gasteiger partial charge is 0.366 e. The number of nitrogens with one attached hydrogen (secondary N) is 1. The van der Waals surface area contributed by atoms with Crippen molar-refractivity contribution in [1.29, 1.82) is 0 Å². The number of carbonyl (C=O) groups is 1. The van der Waals surface area contributed by atoms with E-state index in [0.717, 1.165) is 12.1 Å². The van der Waals surface area contributed by atoms with Gasteiger partial charge < -0.3 is 16.0 Å². The lowest BCUT2D eigenvalue weighted by atomic mass is 10.0. The highest BCUT2D eigenvalue weighted by Crippen LogP contribution is 2.46. The van der Waals surface area contributed by atoms with E-state index in [0.29, 0.717) is 19.0 Å². The average Bonchev–Trinajstić information content (AvgIpc) is 3.13. The number of alkyl halides is 6. The predicted molar refractivity (Wildman–Crippen MR) is 96.8 cm³/mol. The molecule has 6 nitrogen and oxygen atoms in total. The molecule has 166 valence electrons. The van der Waals surface area contributed by atoms with Crippen molar-refractivity contribution >= 4 is 11.9 Å². The van der Waals surface area contributed by atoms with Gasteiger partial charge in [0, 0.05) is 38.1 Å². The number of carbonyl (C=O) groups excluding carboxylic acids is 1. The monoisotopic (exact) mass is 445 g/mol. The number of amides is 1. The molecular weight excluding hydrogens is 428 g/mol. The Labute approximate surface area is 172 Å². The number of hydrogen-bond acceptors (Lipinski definition) is 5. The summed E-state index contributed by atoms with van der Waals surface area (Å²) in [6, 6.07) is 1.59. The Morgan fingerprint density at radius 2 is 1.52 bits per heavy atom. The molecule has 1 amide bonds. The van der Waals surface area contributed by atoms with Gasteiger partial charge in [0.05, 0.1) is 16.7 Å². The standard InChI is InChI=1S/C19H17F6N5O/c20-18(21,22)11-1-9(2-12(3-11)19(23,24)25)4-27-15-13-7-30(8-14(13)15)17-28-5-10(6-29-17)16(26)31/h1-3,5-6,13-15,27H,4,7-8H2,(H2,26,31). The fourth-order valence-electron chi connectivity index (χ4n) is 3.96. The van der Waals surface area contributed by atoms with Gasteiger partial charge in [0.1, 0.15) is 0 Å². The fourth-order valence-corrected chi connectivity index (χ4v) is 3.96. The molecule has 1 aliphatic carbocycles. The molecular formula is C19H17F6N5O. The van der Waals surface area contributed by atoms with Crippen LogP contribution in [0.3, 0.4) is 0 Å². The summed E-state index contributed by atoms with van der Waals surface area (Å²) < 4.78 is 77.9. The van der Waals surface area contributed by atoms with Gasteiger partial charge in [-0.3, -0.25) is 4.79 Å². The number of aromatic nitrogens is 2. The van der Waals surface area contributed by atoms with Crippen molar-refractivity contribution in [3.63, 3.8) is 0 Å². The van der Waals surface area contributed by atoms with E-state index in [1.165, 1.54) is 12.4 Å². The maximum Gasteiger partial charge on any atom is 0.416 e. The largest absolute Gasteiger partial charge is 0.416 e. The molecule has 1 aromatic heterocycles. The highest BCUT2D eigenvalue weighted by Gasteiger charge is 2.56. The number of halogens is 6. The first-order chi connectivity index (χ1) is 14.4. The lowest BCUT2D eigenvalue weighted by molar-refractivity contribution is -0.143. The van der Waals surface area contributed by atoms with E-state index in [1.54, 1.807) is 0 Å². The number of rotatable bonds is 5. The Morgan fingerprint density at radius 3 is 1.97 bits per heavy atom. The van der Waals surface area contributed by atoms with Crippen molar-refractivity contribution in [2.75, 3.05) is 18.0 Å². The number of nitrogens with zero attached hydrogens (tertiary/aromatic N) is 3. The molecule has 1 aromatic carbocycles. The Balaban J connectivity index is 1.37. The second kappa shape index (κ2) is 7.36. The molecule has 2 atom stereocenters. The normalized spacial score (nSPS) is 23.0. The number of fused-ring (bicyclic) bond motifs is 1. The number of benzene rings is 1. The Hall–Kier alpha value is -2.89. The SMILES string of the molecule is NC(=O)c1cnc(N2CC3C(C2)C3NCc2cc(C(F)(F)F)cc(C(F)(F)F)c2)nc1. The van der Waals surface area contributed by atoms with Crippen LogP contribution < -0.4 is 16.0 Å². The van der Waals surface area contributed by atoms with E-state index >= 15 is 0 Å². The maximum absolute atomic E-state index is 13.0. The third-order valence-corrected chi connectivity index (χ3v) is 5.59. The summed E-state index contributed by atoms with van der Waals surface area (Å²) in [4.78, 5) is 21.2. The lowest BCUT2D eigenvalue weighted by Gasteiger charge is -2.20. The predicted octanol–water partition coefficient (Wildman–Crippen LogP) is 2.84. The van der Waals surface area contributed by atoms with Gasteiger partial charge in [0.25, 0.3) is 5.91 Å². The summed E-state index contributed by atoms with van der Waals surface area (Å²) >= 11 is 0. The van der Waals surface area contributed by atoms with Crippen molar-refractivity contribution in [3.05, 3.63) is 52.8 Å². The van der Waals surface area contributed by atoms with Crippen LogP contribution in [0.25, 0.3) is 0 Å². The van der Waals surface area contributed by atoms with Crippen LogP contribution in [0.5, 0.6) is 0 Å². The Morgan fingerprint density at radius 1 is 1.00 bits per heavy atom. The molecule has 12 heteroatoms. The van der Waals surface area contributed by atoms with Crippen molar-refractivity contribution in [3.8, 4) is 0 Å². The van der Waals surface area contributed by atoms with Crippen molar-refractivity contribution in [2.45, 2.75) is 24.9 Å². The van der Waals surface area contributed by atoms with E-state index in [1.807, 2.05) is 4.90 Å². The fraction of sp³-hybridized carbons (Fsp3) is 0.421. The number of primary amides is 1. The number of piperidine rings is 1. The third kappa shape index (κ3) is 4.43. The minimum absolute atomic E-state index is 0.00924. The second-order valence-electron chi connectivity index (χ2n) is 7.69. The van der Waals surface area contributed by atoms with Crippen LogP contribution in [0.2, 0.25) is 0 Å². The van der Waals surface area contributed by atoms with Crippen LogP contribution in [0, 0.1) is 11.8 Å². The van der Waals surface area contributed by atoms with E-state index in [2.05, 4.69) is 15.3 Å². The third-order valence-electron chi connectivity index (χ3n) is 5.59. The summed E-state index contributed by atoms with van der Waals surface area (Å²) in [5.74, 6) is 0.173. The van der Waals surface area contributed by atoms with Gasteiger partial charge in [-0.1, -0.05) is 0 Å². The van der Waals surface area contributed by atoms with Crippen LogP contribution in [-0.4, -0.2) is 35.0 Å². The molecule has 1 saturated carbocycles. The summed E-state index contributed by atoms with van der Waals surface area (Å²) in [7, 11) is 0. The van der Waals surface area contributed by atoms with Gasteiger partial charge >= 0.3 is 12.4 Å². The van der Waals surface area contributed by atoms with E-state index < -0.39 is 29.4 Å². The van der Waals surface area contributed by atoms with Gasteiger partial charge in [0.15, 0.2) is 0 Å². The molecule has 0 spiro atoms. The molecule has 31 heavy (non-hydrogen) atoms. The molecule has 1 saturated heterocycles. The van der Waals surface area contributed by atoms with Crippen LogP contribution in [0.4, 0.5) is 32.3 Å². The molecule has 3 N–H and O–H groups in total. The highest BCUT2D eigenvalue weighted by atomic mass is 19.4. The van der Waals surface area contributed by atoms with Crippen LogP contribution >= 0.6 is 0 Å². The molecule has 2 unspecified atom stereocenters. The van der Waals surface area contributed by atoms with Gasteiger partial charge in [-0.2, -0.15) is 26.3 Å². The first-order valence-corrected chi connectivity index (χ1v) is 9.32. The lowest BCUT2D eigenvalue weighted by Crippen LogP contribution is -2.32. The van der Waals surface area contributed by atoms with Crippen LogP contribution in [0.1, 0.15) is 27.0 Å². The minimum Gasteiger partial charge on any atom is -0.366 e. The number of nitrogens with two attached hydrogens (primary N) is 1.